The number of amides is 1. The predicted molar refractivity (Wildman–Crippen MR) is 78.9 cm³/mol. The number of benzene rings is 1. The van der Waals surface area contributed by atoms with Gasteiger partial charge in [-0.05, 0) is 43.4 Å². The van der Waals surface area contributed by atoms with Crippen LogP contribution in [0.1, 0.15) is 44.1 Å². The highest BCUT2D eigenvalue weighted by Crippen LogP contribution is 2.48. The molecule has 2 N–H and O–H groups in total. The number of carboxylic acid groups (broad SMARTS) is 1. The van der Waals surface area contributed by atoms with Crippen molar-refractivity contribution in [1.82, 2.24) is 5.32 Å². The number of hydrogen-bond acceptors (Lipinski definition) is 2. The summed E-state index contributed by atoms with van der Waals surface area (Å²) in [5.74, 6) is -1.33. The van der Waals surface area contributed by atoms with Crippen LogP contribution >= 0.6 is 0 Å². The predicted octanol–water partition coefficient (Wildman–Crippen LogP) is 2.62. The molecule has 0 saturated heterocycles. The van der Waals surface area contributed by atoms with E-state index in [0.717, 1.165) is 24.8 Å². The van der Waals surface area contributed by atoms with Crippen molar-refractivity contribution >= 4 is 11.9 Å². The number of carbonyl (C=O) groups is 2. The highest BCUT2D eigenvalue weighted by atomic mass is 19.1. The Labute approximate surface area is 128 Å². The van der Waals surface area contributed by atoms with Crippen molar-refractivity contribution in [2.24, 2.45) is 5.41 Å². The Morgan fingerprint density at radius 3 is 2.23 bits per heavy atom. The summed E-state index contributed by atoms with van der Waals surface area (Å²) in [5.41, 5.74) is 0.0848. The molecule has 0 spiro atoms. The van der Waals surface area contributed by atoms with Crippen LogP contribution in [-0.4, -0.2) is 23.5 Å². The number of carboxylic acids is 1. The van der Waals surface area contributed by atoms with Crippen LogP contribution < -0.4 is 5.32 Å². The van der Waals surface area contributed by atoms with Gasteiger partial charge in [-0.1, -0.05) is 18.6 Å². The van der Waals surface area contributed by atoms with Crippen LogP contribution in [0.2, 0.25) is 0 Å². The molecule has 5 heteroatoms. The lowest BCUT2D eigenvalue weighted by Crippen LogP contribution is -2.43. The van der Waals surface area contributed by atoms with Gasteiger partial charge in [0.25, 0.3) is 0 Å². The van der Waals surface area contributed by atoms with E-state index in [9.17, 15) is 19.1 Å². The minimum absolute atomic E-state index is 0.0574. The summed E-state index contributed by atoms with van der Waals surface area (Å²) in [5, 5.41) is 12.1. The van der Waals surface area contributed by atoms with E-state index in [0.29, 0.717) is 19.4 Å². The molecule has 1 aromatic rings. The largest absolute Gasteiger partial charge is 0.481 e. The van der Waals surface area contributed by atoms with E-state index in [4.69, 9.17) is 0 Å². The summed E-state index contributed by atoms with van der Waals surface area (Å²) < 4.78 is 13.0. The highest BCUT2D eigenvalue weighted by Gasteiger charge is 2.47. The van der Waals surface area contributed by atoms with Gasteiger partial charge in [-0.2, -0.15) is 0 Å². The molecule has 1 amide bonds. The first-order chi connectivity index (χ1) is 10.5. The smallest absolute Gasteiger partial charge is 0.310 e. The Bertz CT molecular complexity index is 588. The molecule has 0 unspecified atom stereocenters. The van der Waals surface area contributed by atoms with Crippen LogP contribution in [0.15, 0.2) is 24.3 Å². The Morgan fingerprint density at radius 1 is 1.14 bits per heavy atom. The van der Waals surface area contributed by atoms with E-state index in [-0.39, 0.29) is 23.6 Å². The summed E-state index contributed by atoms with van der Waals surface area (Å²) in [4.78, 5) is 23.4. The van der Waals surface area contributed by atoms with Gasteiger partial charge in [0.05, 0.1) is 5.41 Å². The van der Waals surface area contributed by atoms with Crippen molar-refractivity contribution < 1.29 is 19.1 Å². The lowest BCUT2D eigenvalue weighted by Gasteiger charge is -2.37. The van der Waals surface area contributed by atoms with Crippen LogP contribution in [0.3, 0.4) is 0 Å². The van der Waals surface area contributed by atoms with Crippen molar-refractivity contribution in [3.8, 4) is 0 Å². The summed E-state index contributed by atoms with van der Waals surface area (Å²) in [6.07, 6.45) is 4.02. The van der Waals surface area contributed by atoms with Crippen molar-refractivity contribution in [3.05, 3.63) is 35.6 Å². The molecule has 0 heterocycles. The maximum atomic E-state index is 13.0. The van der Waals surface area contributed by atoms with Gasteiger partial charge in [0.1, 0.15) is 5.82 Å². The zero-order valence-corrected chi connectivity index (χ0v) is 12.4. The molecule has 3 rings (SSSR count). The van der Waals surface area contributed by atoms with Crippen molar-refractivity contribution in [1.29, 1.82) is 0 Å². The molecule has 2 fully saturated rings. The quantitative estimate of drug-likeness (QED) is 0.849. The molecule has 0 aromatic heterocycles. The maximum Gasteiger partial charge on any atom is 0.310 e. The average Bonchev–Trinajstić information content (AvgIpc) is 3.22. The van der Waals surface area contributed by atoms with E-state index in [1.54, 1.807) is 12.1 Å². The SMILES string of the molecule is O=C(CC1(C(=O)O)CCC1)NCC1(c2ccc(F)cc2)CC1. The second-order valence-electron chi connectivity index (χ2n) is 6.68. The Balaban J connectivity index is 1.57. The molecule has 0 atom stereocenters. The molecule has 0 aliphatic heterocycles. The Kier molecular flexibility index (Phi) is 3.67. The fourth-order valence-corrected chi connectivity index (χ4v) is 3.23. The fraction of sp³-hybridized carbons (Fsp3) is 0.529. The van der Waals surface area contributed by atoms with Crippen molar-refractivity contribution in [3.63, 3.8) is 0 Å². The lowest BCUT2D eigenvalue weighted by atomic mass is 9.66. The van der Waals surface area contributed by atoms with E-state index in [2.05, 4.69) is 5.32 Å². The molecule has 118 valence electrons. The summed E-state index contributed by atoms with van der Waals surface area (Å²) in [7, 11) is 0. The zero-order valence-electron chi connectivity index (χ0n) is 12.4. The lowest BCUT2D eigenvalue weighted by molar-refractivity contribution is -0.157. The van der Waals surface area contributed by atoms with E-state index in [1.165, 1.54) is 12.1 Å². The average molecular weight is 305 g/mol. The van der Waals surface area contributed by atoms with Crippen molar-refractivity contribution in [2.75, 3.05) is 6.54 Å². The molecule has 2 saturated carbocycles. The number of aliphatic carboxylic acids is 1. The van der Waals surface area contributed by atoms with Crippen LogP contribution in [0.25, 0.3) is 0 Å². The zero-order chi connectivity index (χ0) is 15.8. The summed E-state index contributed by atoms with van der Waals surface area (Å²) in [6, 6.07) is 6.40. The first-order valence-electron chi connectivity index (χ1n) is 7.72. The summed E-state index contributed by atoms with van der Waals surface area (Å²) in [6.45, 7) is 0.493. The number of halogens is 1. The van der Waals surface area contributed by atoms with Gasteiger partial charge in [-0.15, -0.1) is 0 Å². The van der Waals surface area contributed by atoms with Gasteiger partial charge in [0, 0.05) is 18.4 Å². The van der Waals surface area contributed by atoms with Gasteiger partial charge in [-0.3, -0.25) is 9.59 Å². The molecular formula is C17H20FNO3. The van der Waals surface area contributed by atoms with Gasteiger partial charge >= 0.3 is 5.97 Å². The third-order valence-electron chi connectivity index (χ3n) is 5.20. The Hall–Kier alpha value is -1.91. The normalized spacial score (nSPS) is 20.8. The fourth-order valence-electron chi connectivity index (χ4n) is 3.23. The van der Waals surface area contributed by atoms with E-state index < -0.39 is 11.4 Å². The summed E-state index contributed by atoms with van der Waals surface area (Å²) >= 11 is 0. The molecular weight excluding hydrogens is 285 g/mol. The number of hydrogen-bond donors (Lipinski definition) is 2. The number of rotatable bonds is 6. The van der Waals surface area contributed by atoms with Crippen LogP contribution in [-0.2, 0) is 15.0 Å². The standard InChI is InChI=1S/C17H20FNO3/c18-13-4-2-12(3-5-13)17(8-9-17)11-19-14(20)10-16(15(21)22)6-1-7-16/h2-5H,1,6-11H2,(H,19,20)(H,21,22). The van der Waals surface area contributed by atoms with Gasteiger partial charge in [-0.25, -0.2) is 4.39 Å². The number of carbonyl (C=O) groups excluding carboxylic acids is 1. The first-order valence-corrected chi connectivity index (χ1v) is 7.72. The van der Waals surface area contributed by atoms with Gasteiger partial charge < -0.3 is 10.4 Å². The molecule has 22 heavy (non-hydrogen) atoms. The Morgan fingerprint density at radius 2 is 1.77 bits per heavy atom. The van der Waals surface area contributed by atoms with Gasteiger partial charge in [0.15, 0.2) is 0 Å². The monoisotopic (exact) mass is 305 g/mol. The minimum atomic E-state index is -0.867. The molecule has 0 bridgehead atoms. The first kappa shape index (κ1) is 15.0. The van der Waals surface area contributed by atoms with E-state index >= 15 is 0 Å². The highest BCUT2D eigenvalue weighted by molar-refractivity contribution is 5.85. The topological polar surface area (TPSA) is 66.4 Å². The van der Waals surface area contributed by atoms with Crippen LogP contribution in [0, 0.1) is 11.2 Å². The maximum absolute atomic E-state index is 13.0. The number of nitrogens with one attached hydrogen (secondary N) is 1. The molecule has 2 aliphatic carbocycles. The molecule has 1 aromatic carbocycles. The van der Waals surface area contributed by atoms with Crippen LogP contribution in [0.4, 0.5) is 4.39 Å². The van der Waals surface area contributed by atoms with Crippen molar-refractivity contribution in [2.45, 2.75) is 43.9 Å². The molecule has 4 nitrogen and oxygen atoms in total. The second kappa shape index (κ2) is 5.38. The molecule has 0 radical (unpaired) electrons. The van der Waals surface area contributed by atoms with Gasteiger partial charge in [0.2, 0.25) is 5.91 Å². The third kappa shape index (κ3) is 2.72. The minimum Gasteiger partial charge on any atom is -0.481 e. The molecule has 2 aliphatic rings. The third-order valence-corrected chi connectivity index (χ3v) is 5.20. The van der Waals surface area contributed by atoms with E-state index in [1.807, 2.05) is 0 Å². The second-order valence-corrected chi connectivity index (χ2v) is 6.68. The van der Waals surface area contributed by atoms with Crippen LogP contribution in [0.5, 0.6) is 0 Å².